The van der Waals surface area contributed by atoms with Crippen LogP contribution in [0.2, 0.25) is 0 Å². The van der Waals surface area contributed by atoms with Gasteiger partial charge in [-0.1, -0.05) is 44.2 Å². The maximum absolute atomic E-state index is 12.1. The first kappa shape index (κ1) is 21.1. The van der Waals surface area contributed by atoms with Gasteiger partial charge in [0.15, 0.2) is 0 Å². The molecule has 0 aliphatic carbocycles. The molecular formula is C21H29N3O2S. The molecule has 6 heteroatoms. The van der Waals surface area contributed by atoms with Crippen molar-refractivity contribution < 1.29 is 9.59 Å². The van der Waals surface area contributed by atoms with Gasteiger partial charge in [0, 0.05) is 19.0 Å². The maximum Gasteiger partial charge on any atom is 0.241 e. The highest BCUT2D eigenvalue weighted by Gasteiger charge is 2.17. The van der Waals surface area contributed by atoms with E-state index >= 15 is 0 Å². The summed E-state index contributed by atoms with van der Waals surface area (Å²) in [5.74, 6) is 0.303. The van der Waals surface area contributed by atoms with E-state index in [-0.39, 0.29) is 30.9 Å². The quantitative estimate of drug-likeness (QED) is 0.696. The van der Waals surface area contributed by atoms with Crippen LogP contribution < -0.4 is 10.6 Å². The summed E-state index contributed by atoms with van der Waals surface area (Å²) in [5.41, 5.74) is 2.45. The molecule has 0 saturated carbocycles. The van der Waals surface area contributed by atoms with Crippen molar-refractivity contribution in [1.82, 2.24) is 15.5 Å². The van der Waals surface area contributed by atoms with E-state index < -0.39 is 0 Å². The third-order valence-electron chi connectivity index (χ3n) is 4.19. The molecule has 0 aliphatic rings. The van der Waals surface area contributed by atoms with Crippen LogP contribution in [0.5, 0.6) is 0 Å². The molecule has 2 aromatic rings. The Morgan fingerprint density at radius 2 is 1.78 bits per heavy atom. The number of rotatable bonds is 9. The molecule has 2 rings (SSSR count). The molecule has 1 heterocycles. The van der Waals surface area contributed by atoms with E-state index in [0.717, 1.165) is 16.9 Å². The number of hydrogen-bond acceptors (Lipinski definition) is 4. The van der Waals surface area contributed by atoms with Crippen molar-refractivity contribution in [2.75, 3.05) is 27.2 Å². The molecule has 27 heavy (non-hydrogen) atoms. The summed E-state index contributed by atoms with van der Waals surface area (Å²) in [6, 6.07) is 12.6. The SMILES string of the molecule is CC(C)Cc1ccc([C@H](NCC(=O)NCC(=O)N(C)C)c2cccs2)cc1. The molecule has 0 bridgehead atoms. The highest BCUT2D eigenvalue weighted by atomic mass is 32.1. The van der Waals surface area contributed by atoms with Crippen molar-refractivity contribution in [3.8, 4) is 0 Å². The number of nitrogens with one attached hydrogen (secondary N) is 2. The smallest absolute Gasteiger partial charge is 0.241 e. The number of thiophene rings is 1. The molecule has 146 valence electrons. The van der Waals surface area contributed by atoms with Crippen molar-refractivity contribution in [2.24, 2.45) is 5.92 Å². The minimum absolute atomic E-state index is 0.0150. The summed E-state index contributed by atoms with van der Waals surface area (Å²) in [4.78, 5) is 26.3. The van der Waals surface area contributed by atoms with Crippen molar-refractivity contribution in [2.45, 2.75) is 26.3 Å². The Kier molecular flexibility index (Phi) is 8.00. The summed E-state index contributed by atoms with van der Waals surface area (Å²) in [7, 11) is 3.34. The van der Waals surface area contributed by atoms with Gasteiger partial charge >= 0.3 is 0 Å². The Balaban J connectivity index is 2.01. The van der Waals surface area contributed by atoms with E-state index in [1.807, 2.05) is 11.4 Å². The molecule has 0 spiro atoms. The molecule has 0 fully saturated rings. The molecule has 1 aromatic heterocycles. The fourth-order valence-electron chi connectivity index (χ4n) is 2.75. The average molecular weight is 388 g/mol. The summed E-state index contributed by atoms with van der Waals surface area (Å²) in [6.07, 6.45) is 1.06. The first-order valence-corrected chi connectivity index (χ1v) is 10.1. The van der Waals surface area contributed by atoms with E-state index in [1.165, 1.54) is 10.5 Å². The van der Waals surface area contributed by atoms with Crippen molar-refractivity contribution in [3.63, 3.8) is 0 Å². The minimum atomic E-state index is -0.191. The standard InChI is InChI=1S/C21H29N3O2S/c1-15(2)12-16-7-9-17(10-8-16)21(18-6-5-11-27-18)23-13-19(25)22-14-20(26)24(3)4/h5-11,15,21,23H,12-14H2,1-4H3,(H,22,25)/t21-/m0/s1. The third kappa shape index (κ3) is 6.81. The molecule has 2 N–H and O–H groups in total. The third-order valence-corrected chi connectivity index (χ3v) is 5.12. The average Bonchev–Trinajstić information content (AvgIpc) is 3.15. The molecule has 5 nitrogen and oxygen atoms in total. The van der Waals surface area contributed by atoms with E-state index in [0.29, 0.717) is 5.92 Å². The topological polar surface area (TPSA) is 61.4 Å². The number of benzene rings is 1. The van der Waals surface area contributed by atoms with E-state index in [9.17, 15) is 9.59 Å². The van der Waals surface area contributed by atoms with E-state index in [1.54, 1.807) is 25.4 Å². The summed E-state index contributed by atoms with van der Waals surface area (Å²) in [6.45, 7) is 4.59. The van der Waals surface area contributed by atoms with Crippen LogP contribution >= 0.6 is 11.3 Å². The van der Waals surface area contributed by atoms with Crippen molar-refractivity contribution in [1.29, 1.82) is 0 Å². The summed E-state index contributed by atoms with van der Waals surface area (Å²) >= 11 is 1.66. The van der Waals surface area contributed by atoms with Gasteiger partial charge in [-0.15, -0.1) is 11.3 Å². The van der Waals surface area contributed by atoms with Gasteiger partial charge in [-0.2, -0.15) is 0 Å². The van der Waals surface area contributed by atoms with Crippen LogP contribution in [0.15, 0.2) is 41.8 Å². The molecular weight excluding hydrogens is 358 g/mol. The lowest BCUT2D eigenvalue weighted by Crippen LogP contribution is -2.41. The normalized spacial score (nSPS) is 12.0. The lowest BCUT2D eigenvalue weighted by atomic mass is 9.99. The van der Waals surface area contributed by atoms with Crippen LogP contribution in [-0.4, -0.2) is 43.9 Å². The summed E-state index contributed by atoms with van der Waals surface area (Å²) in [5, 5.41) is 8.02. The van der Waals surface area contributed by atoms with Crippen LogP contribution in [-0.2, 0) is 16.0 Å². The molecule has 0 radical (unpaired) electrons. The van der Waals surface area contributed by atoms with Gasteiger partial charge in [0.2, 0.25) is 11.8 Å². The first-order chi connectivity index (χ1) is 12.9. The number of hydrogen-bond donors (Lipinski definition) is 2. The fourth-order valence-corrected chi connectivity index (χ4v) is 3.57. The van der Waals surface area contributed by atoms with Crippen LogP contribution in [0.3, 0.4) is 0 Å². The zero-order valence-electron chi connectivity index (χ0n) is 16.5. The molecule has 0 unspecified atom stereocenters. The van der Waals surface area contributed by atoms with Gasteiger partial charge in [-0.3, -0.25) is 14.9 Å². The highest BCUT2D eigenvalue weighted by molar-refractivity contribution is 7.10. The van der Waals surface area contributed by atoms with Crippen molar-refractivity contribution >= 4 is 23.2 Å². The Labute approximate surface area is 165 Å². The lowest BCUT2D eigenvalue weighted by Gasteiger charge is -2.19. The summed E-state index contributed by atoms with van der Waals surface area (Å²) < 4.78 is 0. The predicted octanol–water partition coefficient (Wildman–Crippen LogP) is 2.83. The van der Waals surface area contributed by atoms with Crippen LogP contribution in [0.25, 0.3) is 0 Å². The van der Waals surface area contributed by atoms with Gasteiger partial charge in [0.05, 0.1) is 19.1 Å². The Morgan fingerprint density at radius 1 is 1.07 bits per heavy atom. The zero-order chi connectivity index (χ0) is 19.8. The molecule has 1 atom stereocenters. The molecule has 2 amide bonds. The van der Waals surface area contributed by atoms with Gasteiger partial charge in [0.1, 0.15) is 0 Å². The van der Waals surface area contributed by atoms with Gasteiger partial charge < -0.3 is 10.2 Å². The van der Waals surface area contributed by atoms with Crippen LogP contribution in [0.1, 0.15) is 35.9 Å². The van der Waals surface area contributed by atoms with Crippen LogP contribution in [0, 0.1) is 5.92 Å². The minimum Gasteiger partial charge on any atom is -0.347 e. The largest absolute Gasteiger partial charge is 0.347 e. The Hall–Kier alpha value is -2.18. The second-order valence-electron chi connectivity index (χ2n) is 7.23. The predicted molar refractivity (Wildman–Crippen MR) is 111 cm³/mol. The fraction of sp³-hybridized carbons (Fsp3) is 0.429. The second-order valence-corrected chi connectivity index (χ2v) is 8.21. The number of amides is 2. The second kappa shape index (κ2) is 10.2. The Bertz CT molecular complexity index is 724. The van der Waals surface area contributed by atoms with Gasteiger partial charge in [-0.25, -0.2) is 0 Å². The Morgan fingerprint density at radius 3 is 2.33 bits per heavy atom. The monoisotopic (exact) mass is 387 g/mol. The molecule has 1 aromatic carbocycles. The number of carbonyl (C=O) groups is 2. The van der Waals surface area contributed by atoms with Gasteiger partial charge in [0.25, 0.3) is 0 Å². The molecule has 0 aliphatic heterocycles. The first-order valence-electron chi connectivity index (χ1n) is 9.19. The number of carbonyl (C=O) groups excluding carboxylic acids is 2. The van der Waals surface area contributed by atoms with Crippen molar-refractivity contribution in [3.05, 3.63) is 57.8 Å². The van der Waals surface area contributed by atoms with Crippen LogP contribution in [0.4, 0.5) is 0 Å². The zero-order valence-corrected chi connectivity index (χ0v) is 17.3. The highest BCUT2D eigenvalue weighted by Crippen LogP contribution is 2.26. The van der Waals surface area contributed by atoms with E-state index in [4.69, 9.17) is 0 Å². The van der Waals surface area contributed by atoms with E-state index in [2.05, 4.69) is 54.8 Å². The lowest BCUT2D eigenvalue weighted by molar-refractivity contribution is -0.130. The van der Waals surface area contributed by atoms with Gasteiger partial charge in [-0.05, 0) is 34.9 Å². The number of nitrogens with zero attached hydrogens (tertiary/aromatic N) is 1. The number of likely N-dealkylation sites (N-methyl/N-ethyl adjacent to an activating group) is 1. The maximum atomic E-state index is 12.1. The molecule has 0 saturated heterocycles.